The van der Waals surface area contributed by atoms with Crippen LogP contribution in [0, 0.1) is 0 Å². The van der Waals surface area contributed by atoms with Gasteiger partial charge in [-0.05, 0) is 32.4 Å². The van der Waals surface area contributed by atoms with Crippen molar-refractivity contribution in [1.29, 1.82) is 0 Å². The van der Waals surface area contributed by atoms with E-state index in [9.17, 15) is 9.59 Å². The predicted molar refractivity (Wildman–Crippen MR) is 86.2 cm³/mol. The van der Waals surface area contributed by atoms with Crippen molar-refractivity contribution >= 4 is 22.7 Å². The quantitative estimate of drug-likeness (QED) is 0.829. The molecule has 0 saturated heterocycles. The molecule has 1 atom stereocenters. The van der Waals surface area contributed by atoms with Gasteiger partial charge in [-0.15, -0.1) is 0 Å². The number of fused-ring (bicyclic) bond motifs is 1. The minimum atomic E-state index is -0.735. The number of nitrogens with one attached hydrogen (secondary N) is 1. The van der Waals surface area contributed by atoms with E-state index in [-0.39, 0.29) is 5.91 Å². The van der Waals surface area contributed by atoms with Crippen LogP contribution in [0.15, 0.2) is 48.2 Å². The SMILES string of the molecule is CC(C)=CC[C@@H](NC(=O)c1cccc2cccnc12)C(N)=O. The third-order valence-corrected chi connectivity index (χ3v) is 3.29. The Balaban J connectivity index is 2.26. The summed E-state index contributed by atoms with van der Waals surface area (Å²) in [6.45, 7) is 3.85. The molecule has 5 heteroatoms. The first-order valence-corrected chi connectivity index (χ1v) is 7.06. The number of aromatic nitrogens is 1. The lowest BCUT2D eigenvalue weighted by molar-refractivity contribution is -0.119. The molecular weight excluding hydrogens is 278 g/mol. The van der Waals surface area contributed by atoms with E-state index in [0.29, 0.717) is 17.5 Å². The lowest BCUT2D eigenvalue weighted by Gasteiger charge is -2.14. The minimum absolute atomic E-state index is 0.352. The maximum atomic E-state index is 12.4. The van der Waals surface area contributed by atoms with Gasteiger partial charge < -0.3 is 11.1 Å². The number of carbonyl (C=O) groups excluding carboxylic acids is 2. The second-order valence-corrected chi connectivity index (χ2v) is 5.33. The van der Waals surface area contributed by atoms with Crippen LogP contribution in [0.3, 0.4) is 0 Å². The Labute approximate surface area is 129 Å². The molecule has 1 aromatic carbocycles. The molecule has 5 nitrogen and oxygen atoms in total. The molecule has 1 aromatic heterocycles. The van der Waals surface area contributed by atoms with Gasteiger partial charge in [-0.2, -0.15) is 0 Å². The van der Waals surface area contributed by atoms with Crippen molar-refractivity contribution in [3.05, 3.63) is 53.7 Å². The fourth-order valence-corrected chi connectivity index (χ4v) is 2.12. The number of benzene rings is 1. The van der Waals surface area contributed by atoms with Gasteiger partial charge in [0.15, 0.2) is 0 Å². The summed E-state index contributed by atoms with van der Waals surface area (Å²) in [5.74, 6) is -0.908. The largest absolute Gasteiger partial charge is 0.368 e. The molecule has 0 spiro atoms. The number of nitrogens with two attached hydrogens (primary N) is 1. The van der Waals surface area contributed by atoms with E-state index in [4.69, 9.17) is 5.73 Å². The number of rotatable bonds is 5. The first kappa shape index (κ1) is 15.7. The summed E-state index contributed by atoms with van der Waals surface area (Å²) >= 11 is 0. The highest BCUT2D eigenvalue weighted by atomic mass is 16.2. The van der Waals surface area contributed by atoms with Crippen LogP contribution in [0.4, 0.5) is 0 Å². The maximum absolute atomic E-state index is 12.4. The molecule has 0 aliphatic carbocycles. The highest BCUT2D eigenvalue weighted by Crippen LogP contribution is 2.16. The topological polar surface area (TPSA) is 85.1 Å². The van der Waals surface area contributed by atoms with Crippen LogP contribution in [-0.4, -0.2) is 22.8 Å². The van der Waals surface area contributed by atoms with Gasteiger partial charge in [0.2, 0.25) is 5.91 Å². The fraction of sp³-hybridized carbons (Fsp3) is 0.235. The van der Waals surface area contributed by atoms with Gasteiger partial charge in [0.25, 0.3) is 5.91 Å². The van der Waals surface area contributed by atoms with Crippen molar-refractivity contribution in [2.24, 2.45) is 5.73 Å². The molecular formula is C17H19N3O2. The molecule has 0 unspecified atom stereocenters. The Morgan fingerprint density at radius 3 is 2.68 bits per heavy atom. The highest BCUT2D eigenvalue weighted by molar-refractivity contribution is 6.06. The van der Waals surface area contributed by atoms with E-state index in [0.717, 1.165) is 11.0 Å². The monoisotopic (exact) mass is 297 g/mol. The van der Waals surface area contributed by atoms with Crippen molar-refractivity contribution in [1.82, 2.24) is 10.3 Å². The molecule has 0 aliphatic rings. The van der Waals surface area contributed by atoms with E-state index in [2.05, 4.69) is 10.3 Å². The van der Waals surface area contributed by atoms with Crippen LogP contribution >= 0.6 is 0 Å². The summed E-state index contributed by atoms with van der Waals surface area (Å²) in [6, 6.07) is 8.31. The first-order chi connectivity index (χ1) is 10.5. The molecule has 0 saturated carbocycles. The summed E-state index contributed by atoms with van der Waals surface area (Å²) in [5.41, 5.74) is 7.46. The van der Waals surface area contributed by atoms with Gasteiger partial charge in [0.05, 0.1) is 11.1 Å². The van der Waals surface area contributed by atoms with Crippen LogP contribution < -0.4 is 11.1 Å². The summed E-state index contributed by atoms with van der Waals surface area (Å²) in [4.78, 5) is 28.2. The maximum Gasteiger partial charge on any atom is 0.254 e. The average Bonchev–Trinajstić information content (AvgIpc) is 2.50. The van der Waals surface area contributed by atoms with Crippen LogP contribution in [0.5, 0.6) is 0 Å². The van der Waals surface area contributed by atoms with Crippen LogP contribution in [0.1, 0.15) is 30.6 Å². The minimum Gasteiger partial charge on any atom is -0.368 e. The number of nitrogens with zero attached hydrogens (tertiary/aromatic N) is 1. The fourth-order valence-electron chi connectivity index (χ4n) is 2.12. The number of para-hydroxylation sites is 1. The van der Waals surface area contributed by atoms with Crippen LogP contribution in [0.2, 0.25) is 0 Å². The molecule has 2 amide bonds. The Bertz CT molecular complexity index is 728. The van der Waals surface area contributed by atoms with Crippen molar-refractivity contribution in [3.8, 4) is 0 Å². The third kappa shape index (κ3) is 3.69. The number of hydrogen-bond donors (Lipinski definition) is 2. The molecule has 0 bridgehead atoms. The summed E-state index contributed by atoms with van der Waals surface area (Å²) in [6.07, 6.45) is 3.88. The molecule has 22 heavy (non-hydrogen) atoms. The first-order valence-electron chi connectivity index (χ1n) is 7.06. The van der Waals surface area contributed by atoms with Crippen LogP contribution in [0.25, 0.3) is 10.9 Å². The zero-order valence-electron chi connectivity index (χ0n) is 12.7. The lowest BCUT2D eigenvalue weighted by atomic mass is 10.1. The van der Waals surface area contributed by atoms with Crippen molar-refractivity contribution in [2.75, 3.05) is 0 Å². The van der Waals surface area contributed by atoms with E-state index in [1.165, 1.54) is 0 Å². The lowest BCUT2D eigenvalue weighted by Crippen LogP contribution is -2.44. The number of allylic oxidation sites excluding steroid dienone is 1. The van der Waals surface area contributed by atoms with Gasteiger partial charge in [0.1, 0.15) is 6.04 Å². The number of carbonyl (C=O) groups is 2. The Hall–Kier alpha value is -2.69. The number of primary amides is 1. The zero-order chi connectivity index (χ0) is 16.1. The van der Waals surface area contributed by atoms with E-state index < -0.39 is 11.9 Å². The van der Waals surface area contributed by atoms with Crippen molar-refractivity contribution < 1.29 is 9.59 Å². The zero-order valence-corrected chi connectivity index (χ0v) is 12.7. The second kappa shape index (κ2) is 6.85. The van der Waals surface area contributed by atoms with Crippen molar-refractivity contribution in [3.63, 3.8) is 0 Å². The summed E-state index contributed by atoms with van der Waals surface area (Å²) < 4.78 is 0. The Morgan fingerprint density at radius 2 is 2.00 bits per heavy atom. The van der Waals surface area contributed by atoms with Crippen molar-refractivity contribution in [2.45, 2.75) is 26.3 Å². The Morgan fingerprint density at radius 1 is 1.27 bits per heavy atom. The molecule has 114 valence electrons. The summed E-state index contributed by atoms with van der Waals surface area (Å²) in [5, 5.41) is 3.55. The molecule has 0 radical (unpaired) electrons. The van der Waals surface area contributed by atoms with Gasteiger partial charge in [-0.3, -0.25) is 14.6 Å². The highest BCUT2D eigenvalue weighted by Gasteiger charge is 2.19. The molecule has 0 aliphatic heterocycles. The third-order valence-electron chi connectivity index (χ3n) is 3.29. The van der Waals surface area contributed by atoms with E-state index in [1.54, 1.807) is 18.3 Å². The summed E-state index contributed by atoms with van der Waals surface area (Å²) in [7, 11) is 0. The molecule has 3 N–H and O–H groups in total. The van der Waals surface area contributed by atoms with Gasteiger partial charge in [-0.25, -0.2) is 0 Å². The molecule has 1 heterocycles. The second-order valence-electron chi connectivity index (χ2n) is 5.33. The molecule has 2 rings (SSSR count). The smallest absolute Gasteiger partial charge is 0.254 e. The molecule has 2 aromatic rings. The van der Waals surface area contributed by atoms with E-state index >= 15 is 0 Å². The standard InChI is InChI=1S/C17H19N3O2/c1-11(2)8-9-14(16(18)21)20-17(22)13-7-3-5-12-6-4-10-19-15(12)13/h3-8,10,14H,9H2,1-2H3,(H2,18,21)(H,20,22)/t14-/m1/s1. The van der Waals surface area contributed by atoms with Gasteiger partial charge in [-0.1, -0.05) is 29.8 Å². The van der Waals surface area contributed by atoms with Gasteiger partial charge >= 0.3 is 0 Å². The normalized spacial score (nSPS) is 11.7. The number of amides is 2. The van der Waals surface area contributed by atoms with E-state index in [1.807, 2.05) is 38.1 Å². The molecule has 0 fully saturated rings. The number of pyridine rings is 1. The number of hydrogen-bond acceptors (Lipinski definition) is 3. The van der Waals surface area contributed by atoms with Gasteiger partial charge in [0, 0.05) is 11.6 Å². The van der Waals surface area contributed by atoms with Crippen LogP contribution in [-0.2, 0) is 4.79 Å². The average molecular weight is 297 g/mol. The Kier molecular flexibility index (Phi) is 4.88. The predicted octanol–water partition coefficient (Wildman–Crippen LogP) is 2.17.